The van der Waals surface area contributed by atoms with Gasteiger partial charge in [-0.15, -0.1) is 5.10 Å². The van der Waals surface area contributed by atoms with Crippen LogP contribution in [0, 0.1) is 0 Å². The molecule has 0 aliphatic heterocycles. The molecule has 2 rings (SSSR count). The fourth-order valence-corrected chi connectivity index (χ4v) is 2.02. The van der Waals surface area contributed by atoms with Crippen LogP contribution in [0.3, 0.4) is 0 Å². The van der Waals surface area contributed by atoms with E-state index in [1.165, 1.54) is 18.3 Å². The van der Waals surface area contributed by atoms with E-state index in [1.807, 2.05) is 0 Å². The van der Waals surface area contributed by atoms with Crippen LogP contribution < -0.4 is 4.74 Å². The lowest BCUT2D eigenvalue weighted by atomic mass is 10.4. The molecule has 0 aromatic carbocycles. The fraction of sp³-hybridized carbons (Fsp3) is 0.357. The van der Waals surface area contributed by atoms with Crippen molar-refractivity contribution in [2.45, 2.75) is 25.9 Å². The third-order valence-electron chi connectivity index (χ3n) is 2.75. The zero-order valence-corrected chi connectivity index (χ0v) is 13.5. The normalized spacial score (nSPS) is 12.7. The molecular formula is C14H12ClF4N3O3. The summed E-state index contributed by atoms with van der Waals surface area (Å²) in [5.74, 6) is -1.38. The number of pyridine rings is 1. The average Bonchev–Trinajstić information content (AvgIpc) is 2.89. The number of esters is 1. The molecule has 2 heterocycles. The van der Waals surface area contributed by atoms with Crippen LogP contribution in [0.5, 0.6) is 5.88 Å². The van der Waals surface area contributed by atoms with Crippen molar-refractivity contribution < 1.29 is 31.8 Å². The highest BCUT2D eigenvalue weighted by Crippen LogP contribution is 2.27. The van der Waals surface area contributed by atoms with Crippen molar-refractivity contribution in [3.63, 3.8) is 0 Å². The van der Waals surface area contributed by atoms with Crippen molar-refractivity contribution >= 4 is 17.6 Å². The summed E-state index contributed by atoms with van der Waals surface area (Å²) in [6, 6.07) is 3.94. The molecule has 136 valence electrons. The molecule has 2 aromatic heterocycles. The third kappa shape index (κ3) is 5.05. The number of alkyl halides is 4. The average molecular weight is 382 g/mol. The minimum absolute atomic E-state index is 0.00768. The molecule has 0 radical (unpaired) electrons. The van der Waals surface area contributed by atoms with E-state index in [-0.39, 0.29) is 23.1 Å². The molecule has 0 saturated heterocycles. The first-order valence-corrected chi connectivity index (χ1v) is 7.34. The van der Waals surface area contributed by atoms with Crippen molar-refractivity contribution in [2.75, 3.05) is 6.61 Å². The molecule has 0 aliphatic rings. The number of carbonyl (C=O) groups is 1. The molecule has 0 N–H and O–H groups in total. The van der Waals surface area contributed by atoms with Gasteiger partial charge in [-0.3, -0.25) is 0 Å². The predicted octanol–water partition coefficient (Wildman–Crippen LogP) is 3.72. The fourth-order valence-electron chi connectivity index (χ4n) is 1.82. The van der Waals surface area contributed by atoms with Crippen molar-refractivity contribution in [1.82, 2.24) is 14.8 Å². The molecular weight excluding hydrogens is 370 g/mol. The number of nitrogens with zero attached hydrogens (tertiary/aromatic N) is 3. The zero-order chi connectivity index (χ0) is 18.6. The van der Waals surface area contributed by atoms with Gasteiger partial charge in [-0.25, -0.2) is 18.9 Å². The number of halogens is 5. The van der Waals surface area contributed by atoms with E-state index >= 15 is 0 Å². The quantitative estimate of drug-likeness (QED) is 0.563. The Morgan fingerprint density at radius 3 is 2.76 bits per heavy atom. The summed E-state index contributed by atoms with van der Waals surface area (Å²) in [5.41, 5.74) is -0.225. The second-order valence-electron chi connectivity index (χ2n) is 4.66. The van der Waals surface area contributed by atoms with Crippen LogP contribution in [0.15, 0.2) is 24.4 Å². The summed E-state index contributed by atoms with van der Waals surface area (Å²) < 4.78 is 60.2. The number of aromatic nitrogens is 3. The van der Waals surface area contributed by atoms with Gasteiger partial charge in [0.25, 0.3) is 0 Å². The second kappa shape index (κ2) is 7.68. The summed E-state index contributed by atoms with van der Waals surface area (Å²) in [6.45, 7) is 1.60. The van der Waals surface area contributed by atoms with Crippen molar-refractivity contribution in [3.8, 4) is 11.7 Å². The SMILES string of the molecule is CCOC(=O)c1cc(OC(F)CC(F)(F)F)nn1-c1ncccc1Cl. The van der Waals surface area contributed by atoms with Gasteiger partial charge in [0.15, 0.2) is 11.5 Å². The Morgan fingerprint density at radius 1 is 1.44 bits per heavy atom. The number of ether oxygens (including phenoxy) is 2. The smallest absolute Gasteiger partial charge is 0.395 e. The Kier molecular flexibility index (Phi) is 5.83. The van der Waals surface area contributed by atoms with E-state index in [9.17, 15) is 22.4 Å². The number of hydrogen-bond acceptors (Lipinski definition) is 5. The van der Waals surface area contributed by atoms with Crippen LogP contribution in [0.2, 0.25) is 5.02 Å². The van der Waals surface area contributed by atoms with Crippen LogP contribution in [-0.4, -0.2) is 39.9 Å². The zero-order valence-electron chi connectivity index (χ0n) is 12.8. The van der Waals surface area contributed by atoms with E-state index in [0.717, 1.165) is 10.7 Å². The van der Waals surface area contributed by atoms with Gasteiger partial charge in [0, 0.05) is 12.3 Å². The molecule has 0 bridgehead atoms. The van der Waals surface area contributed by atoms with E-state index in [1.54, 1.807) is 6.92 Å². The molecule has 0 aliphatic carbocycles. The summed E-state index contributed by atoms with van der Waals surface area (Å²) in [6.07, 6.45) is -7.90. The molecule has 0 amide bonds. The van der Waals surface area contributed by atoms with Gasteiger partial charge >= 0.3 is 12.1 Å². The van der Waals surface area contributed by atoms with Gasteiger partial charge < -0.3 is 9.47 Å². The largest absolute Gasteiger partial charge is 0.461 e. The minimum atomic E-state index is -4.75. The third-order valence-corrected chi connectivity index (χ3v) is 3.05. The molecule has 0 saturated carbocycles. The standard InChI is InChI=1S/C14H12ClF4N3O3/c1-2-24-13(23)9-6-11(25-10(16)7-14(17,18)19)21-22(9)12-8(15)4-3-5-20-12/h3-6,10H,2,7H2,1H3. The number of hydrogen-bond donors (Lipinski definition) is 0. The van der Waals surface area contributed by atoms with Gasteiger partial charge in [0.05, 0.1) is 11.6 Å². The monoisotopic (exact) mass is 381 g/mol. The first-order valence-electron chi connectivity index (χ1n) is 6.97. The van der Waals surface area contributed by atoms with Crippen LogP contribution in [0.25, 0.3) is 5.82 Å². The van der Waals surface area contributed by atoms with Gasteiger partial charge in [0.2, 0.25) is 12.2 Å². The maximum absolute atomic E-state index is 13.4. The summed E-state index contributed by atoms with van der Waals surface area (Å²) in [5, 5.41) is 3.86. The van der Waals surface area contributed by atoms with Gasteiger partial charge in [0.1, 0.15) is 6.42 Å². The van der Waals surface area contributed by atoms with Gasteiger partial charge in [-0.2, -0.15) is 13.2 Å². The molecule has 11 heteroatoms. The highest BCUT2D eigenvalue weighted by Gasteiger charge is 2.34. The lowest BCUT2D eigenvalue weighted by Gasteiger charge is -2.11. The Bertz CT molecular complexity index is 751. The molecule has 6 nitrogen and oxygen atoms in total. The van der Waals surface area contributed by atoms with Crippen molar-refractivity contribution in [1.29, 1.82) is 0 Å². The van der Waals surface area contributed by atoms with Crippen molar-refractivity contribution in [2.24, 2.45) is 0 Å². The maximum Gasteiger partial charge on any atom is 0.395 e. The van der Waals surface area contributed by atoms with Crippen molar-refractivity contribution in [3.05, 3.63) is 35.1 Å². The summed E-state index contributed by atoms with van der Waals surface area (Å²) >= 11 is 5.98. The number of rotatable bonds is 6. The van der Waals surface area contributed by atoms with E-state index in [4.69, 9.17) is 16.3 Å². The highest BCUT2D eigenvalue weighted by atomic mass is 35.5. The summed E-state index contributed by atoms with van der Waals surface area (Å²) in [7, 11) is 0. The molecule has 25 heavy (non-hydrogen) atoms. The Morgan fingerprint density at radius 2 is 2.16 bits per heavy atom. The Hall–Kier alpha value is -2.36. The topological polar surface area (TPSA) is 66.2 Å². The van der Waals surface area contributed by atoms with E-state index < -0.39 is 30.8 Å². The highest BCUT2D eigenvalue weighted by molar-refractivity contribution is 6.32. The van der Waals surface area contributed by atoms with Crippen LogP contribution >= 0.6 is 11.6 Å². The second-order valence-corrected chi connectivity index (χ2v) is 5.06. The number of carbonyl (C=O) groups excluding carboxylic acids is 1. The van der Waals surface area contributed by atoms with Crippen LogP contribution in [0.4, 0.5) is 17.6 Å². The lowest BCUT2D eigenvalue weighted by Crippen LogP contribution is -2.21. The molecule has 1 atom stereocenters. The lowest BCUT2D eigenvalue weighted by molar-refractivity contribution is -0.166. The molecule has 0 fully saturated rings. The van der Waals surface area contributed by atoms with Crippen LogP contribution in [0.1, 0.15) is 23.8 Å². The maximum atomic E-state index is 13.4. The Labute approximate surface area is 144 Å². The van der Waals surface area contributed by atoms with Gasteiger partial charge in [-0.05, 0) is 19.1 Å². The first kappa shape index (κ1) is 19.0. The van der Waals surface area contributed by atoms with E-state index in [0.29, 0.717) is 0 Å². The van der Waals surface area contributed by atoms with E-state index in [2.05, 4.69) is 14.8 Å². The molecule has 0 spiro atoms. The van der Waals surface area contributed by atoms with Gasteiger partial charge in [-0.1, -0.05) is 11.6 Å². The summed E-state index contributed by atoms with van der Waals surface area (Å²) in [4.78, 5) is 15.9. The Balaban J connectivity index is 2.36. The first-order chi connectivity index (χ1) is 11.7. The molecule has 2 aromatic rings. The minimum Gasteiger partial charge on any atom is -0.461 e. The molecule has 1 unspecified atom stereocenters. The van der Waals surface area contributed by atoms with Crippen LogP contribution in [-0.2, 0) is 4.74 Å². The predicted molar refractivity (Wildman–Crippen MR) is 78.5 cm³/mol.